The Balaban J connectivity index is 0.883. The van der Waals surface area contributed by atoms with Crippen LogP contribution in [-0.2, 0) is 33.2 Å². The van der Waals surface area contributed by atoms with Crippen molar-refractivity contribution in [3.05, 3.63) is 0 Å². The lowest BCUT2D eigenvalue weighted by Crippen LogP contribution is -2.65. The van der Waals surface area contributed by atoms with E-state index in [1.165, 1.54) is 6.92 Å². The summed E-state index contributed by atoms with van der Waals surface area (Å²) in [5.74, 6) is -0.0681. The molecule has 0 unspecified atom stereocenters. The van der Waals surface area contributed by atoms with Gasteiger partial charge < -0.3 is 94.4 Å². The Morgan fingerprint density at radius 2 is 1.31 bits per heavy atom. The first kappa shape index (κ1) is 49.7. The zero-order valence-corrected chi connectivity index (χ0v) is 37.6. The van der Waals surface area contributed by atoms with Crippen molar-refractivity contribution in [2.75, 3.05) is 19.8 Å². The normalized spacial score (nSPS) is 56.8. The Kier molecular flexibility index (Phi) is 14.6. The van der Waals surface area contributed by atoms with Gasteiger partial charge in [0.1, 0.15) is 67.1 Å². The molecule has 4 saturated carbocycles. The van der Waals surface area contributed by atoms with E-state index in [1.807, 2.05) is 6.92 Å². The molecule has 4 aliphatic carbocycles. The van der Waals surface area contributed by atoms with Crippen LogP contribution in [0, 0.1) is 52.3 Å². The second-order valence-electron chi connectivity index (χ2n) is 21.6. The third kappa shape index (κ3) is 8.55. The molecular weight excluding hydrogens is 844 g/mol. The summed E-state index contributed by atoms with van der Waals surface area (Å²) in [7, 11) is 0. The van der Waals surface area contributed by atoms with Gasteiger partial charge in [-0.2, -0.15) is 0 Å². The van der Waals surface area contributed by atoms with E-state index in [9.17, 15) is 61.3 Å². The zero-order chi connectivity index (χ0) is 46.4. The van der Waals surface area contributed by atoms with Gasteiger partial charge in [-0.3, -0.25) is 0 Å². The number of fused-ring (bicyclic) bond motifs is 7. The molecule has 0 aromatic carbocycles. The molecule has 8 aliphatic rings. The highest BCUT2D eigenvalue weighted by molar-refractivity contribution is 5.15. The Morgan fingerprint density at radius 1 is 0.672 bits per heavy atom. The van der Waals surface area contributed by atoms with Crippen LogP contribution in [-0.4, -0.2) is 197 Å². The van der Waals surface area contributed by atoms with Crippen LogP contribution in [0.25, 0.3) is 0 Å². The van der Waals surface area contributed by atoms with Crippen molar-refractivity contribution in [2.24, 2.45) is 52.3 Å². The minimum atomic E-state index is -1.70. The van der Waals surface area contributed by atoms with Crippen molar-refractivity contribution < 1.29 is 94.4 Å². The first-order valence-electron chi connectivity index (χ1n) is 23.8. The fourth-order valence-electron chi connectivity index (χ4n) is 14.1. The van der Waals surface area contributed by atoms with Crippen molar-refractivity contribution in [1.29, 1.82) is 0 Å². The highest BCUT2D eigenvalue weighted by atomic mass is 16.8. The van der Waals surface area contributed by atoms with Crippen molar-refractivity contribution in [3.63, 3.8) is 0 Å². The molecule has 4 saturated heterocycles. The van der Waals surface area contributed by atoms with E-state index in [2.05, 4.69) is 20.8 Å². The molecule has 64 heavy (non-hydrogen) atoms. The maximum absolute atomic E-state index is 12.1. The number of hydrogen-bond acceptors (Lipinski definition) is 19. The molecule has 370 valence electrons. The molecule has 8 rings (SSSR count). The standard InChI is InChI=1S/C45H76O19/c1-18(17-58-40-37(55)35(53)32(50)28(15-46)61-40)8-11-45(57)19(2)30-27(64-45)13-24-22-7-6-21-12-26(25(48)14-44(21,5)23(22)9-10-43(24,30)4)60-42-39(36(54)33(51)29(16-47)62-42)63-41-38(56)34(52)31(49)20(3)59-41/h18-42,46-57H,6-17H2,1-5H3/t18-,19-,20+,21+,22+,23-,24-,25+,26-,27-,28-,29-,30-,31+,32-,33-,34-,35+,36+,37-,38-,39-,40-,41-,42-,43+,44+,45-/m1/s1. The summed E-state index contributed by atoms with van der Waals surface area (Å²) in [6.45, 7) is 9.19. The summed E-state index contributed by atoms with van der Waals surface area (Å²) in [5, 5.41) is 127. The molecule has 19 nitrogen and oxygen atoms in total. The van der Waals surface area contributed by atoms with Gasteiger partial charge in [0.05, 0.1) is 44.2 Å². The minimum absolute atomic E-state index is 0.0563. The number of aliphatic hydroxyl groups is 12. The lowest BCUT2D eigenvalue weighted by molar-refractivity contribution is -0.374. The predicted octanol–water partition coefficient (Wildman–Crippen LogP) is -1.78. The lowest BCUT2D eigenvalue weighted by atomic mass is 9.44. The zero-order valence-electron chi connectivity index (χ0n) is 37.6. The van der Waals surface area contributed by atoms with Crippen molar-refractivity contribution in [3.8, 4) is 0 Å². The number of aliphatic hydroxyl groups excluding tert-OH is 11. The first-order valence-corrected chi connectivity index (χ1v) is 23.8. The van der Waals surface area contributed by atoms with E-state index in [0.29, 0.717) is 43.4 Å². The van der Waals surface area contributed by atoms with Gasteiger partial charge >= 0.3 is 0 Å². The Morgan fingerprint density at radius 3 is 2.00 bits per heavy atom. The molecule has 0 amide bonds. The summed E-state index contributed by atoms with van der Waals surface area (Å²) < 4.78 is 41.9. The summed E-state index contributed by atoms with van der Waals surface area (Å²) in [4.78, 5) is 0. The molecule has 0 radical (unpaired) electrons. The van der Waals surface area contributed by atoms with Gasteiger partial charge in [0.2, 0.25) is 0 Å². The molecular formula is C45H76O19. The van der Waals surface area contributed by atoms with E-state index in [4.69, 9.17) is 33.2 Å². The Labute approximate surface area is 374 Å². The predicted molar refractivity (Wildman–Crippen MR) is 219 cm³/mol. The largest absolute Gasteiger partial charge is 0.394 e. The highest BCUT2D eigenvalue weighted by Gasteiger charge is 2.69. The lowest BCUT2D eigenvalue weighted by Gasteiger charge is -2.62. The third-order valence-corrected chi connectivity index (χ3v) is 18.0. The summed E-state index contributed by atoms with van der Waals surface area (Å²) in [6, 6.07) is 0. The van der Waals surface area contributed by atoms with Crippen molar-refractivity contribution >= 4 is 0 Å². The SMILES string of the molecule is C[C@H](CC[C@@]1(O)O[C@@H]2C[C@@H]3[C@H]4CC[C@H]5C[C@@H](O[C@@H]6O[C@H](CO)[C@@H](O)[C@H](O)[C@H]6O[C@H]6O[C@@H](C)[C@H](O)[C@@H](O)[C@H]6O)[C@@H](O)C[C@]5(C)[C@@H]4CC[C@]3(C)[C@@H]2[C@H]1C)CO[C@@H]1O[C@H](CO)[C@@H](O)[C@H](O)[C@H]1O. The monoisotopic (exact) mass is 920 g/mol. The van der Waals surface area contributed by atoms with Crippen LogP contribution in [0.5, 0.6) is 0 Å². The smallest absolute Gasteiger partial charge is 0.187 e. The second-order valence-corrected chi connectivity index (χ2v) is 21.6. The molecule has 0 bridgehead atoms. The van der Waals surface area contributed by atoms with Gasteiger partial charge in [0.25, 0.3) is 0 Å². The minimum Gasteiger partial charge on any atom is -0.394 e. The van der Waals surface area contributed by atoms with Gasteiger partial charge in [0, 0.05) is 12.3 Å². The second kappa shape index (κ2) is 18.9. The third-order valence-electron chi connectivity index (χ3n) is 18.0. The molecule has 0 aromatic heterocycles. The Bertz CT molecular complexity index is 1580. The van der Waals surface area contributed by atoms with E-state index >= 15 is 0 Å². The van der Waals surface area contributed by atoms with Gasteiger partial charge in [-0.1, -0.05) is 27.7 Å². The molecule has 0 aromatic rings. The molecule has 4 heterocycles. The van der Waals surface area contributed by atoms with E-state index < -0.39 is 123 Å². The van der Waals surface area contributed by atoms with Gasteiger partial charge in [-0.05, 0) is 105 Å². The van der Waals surface area contributed by atoms with Crippen LogP contribution >= 0.6 is 0 Å². The summed E-state index contributed by atoms with van der Waals surface area (Å²) in [5.41, 5.74) is -0.263. The molecule has 4 aliphatic heterocycles. The van der Waals surface area contributed by atoms with Crippen LogP contribution in [0.1, 0.15) is 92.4 Å². The Hall–Kier alpha value is -0.760. The maximum atomic E-state index is 12.1. The van der Waals surface area contributed by atoms with Crippen molar-refractivity contribution in [2.45, 2.75) is 209 Å². The first-order chi connectivity index (χ1) is 30.2. The molecule has 12 N–H and O–H groups in total. The average molecular weight is 921 g/mol. The summed E-state index contributed by atoms with van der Waals surface area (Å²) >= 11 is 0. The van der Waals surface area contributed by atoms with E-state index in [-0.39, 0.29) is 47.2 Å². The van der Waals surface area contributed by atoms with E-state index in [1.54, 1.807) is 0 Å². The van der Waals surface area contributed by atoms with Crippen LogP contribution in [0.3, 0.4) is 0 Å². The van der Waals surface area contributed by atoms with Crippen LogP contribution < -0.4 is 0 Å². The average Bonchev–Trinajstić information content (AvgIpc) is 3.70. The van der Waals surface area contributed by atoms with Gasteiger partial charge in [-0.25, -0.2) is 0 Å². The number of ether oxygens (including phenoxy) is 7. The number of hydrogen-bond donors (Lipinski definition) is 12. The van der Waals surface area contributed by atoms with Crippen LogP contribution in [0.2, 0.25) is 0 Å². The quantitative estimate of drug-likeness (QED) is 0.0964. The maximum Gasteiger partial charge on any atom is 0.187 e. The fraction of sp³-hybridized carbons (Fsp3) is 1.00. The highest BCUT2D eigenvalue weighted by Crippen LogP contribution is 2.71. The van der Waals surface area contributed by atoms with Gasteiger partial charge in [0.15, 0.2) is 24.7 Å². The molecule has 19 heteroatoms. The molecule has 8 fully saturated rings. The van der Waals surface area contributed by atoms with Crippen LogP contribution in [0.15, 0.2) is 0 Å². The van der Waals surface area contributed by atoms with Crippen LogP contribution in [0.4, 0.5) is 0 Å². The fourth-order valence-corrected chi connectivity index (χ4v) is 14.1. The molecule has 28 atom stereocenters. The summed E-state index contributed by atoms with van der Waals surface area (Å²) in [6.07, 6.45) is -16.4. The molecule has 0 spiro atoms. The van der Waals surface area contributed by atoms with Gasteiger partial charge in [-0.15, -0.1) is 0 Å². The number of rotatable bonds is 12. The van der Waals surface area contributed by atoms with E-state index in [0.717, 1.165) is 32.1 Å². The topological polar surface area (TPSA) is 307 Å². The van der Waals surface area contributed by atoms with Crippen molar-refractivity contribution in [1.82, 2.24) is 0 Å².